The van der Waals surface area contributed by atoms with E-state index in [1.165, 1.54) is 28.7 Å². The molecule has 1 aromatic heterocycles. The van der Waals surface area contributed by atoms with E-state index in [0.717, 1.165) is 32.6 Å². The Kier molecular flexibility index (Phi) is 7.29. The Labute approximate surface area is 218 Å². The molecule has 9 heteroatoms. The Morgan fingerprint density at radius 3 is 2.53 bits per heavy atom. The zero-order chi connectivity index (χ0) is 24.9. The SMILES string of the molecule is COc1ccc(C2CC(c3ccccc3)=NN2C(=O)CSc2nnc(Nc3ccc(C)cc3)s2)cc1. The zero-order valence-electron chi connectivity index (χ0n) is 19.9. The van der Waals surface area contributed by atoms with Gasteiger partial charge in [0, 0.05) is 12.1 Å². The fourth-order valence-electron chi connectivity index (χ4n) is 3.90. The van der Waals surface area contributed by atoms with Gasteiger partial charge in [0.25, 0.3) is 5.91 Å². The molecule has 0 fully saturated rings. The summed E-state index contributed by atoms with van der Waals surface area (Å²) in [7, 11) is 1.64. The van der Waals surface area contributed by atoms with Crippen molar-refractivity contribution in [3.8, 4) is 5.75 Å². The normalized spacial score (nSPS) is 15.0. The van der Waals surface area contributed by atoms with Crippen LogP contribution >= 0.6 is 23.1 Å². The third-order valence-corrected chi connectivity index (χ3v) is 7.76. The van der Waals surface area contributed by atoms with Crippen molar-refractivity contribution >= 4 is 45.5 Å². The molecule has 1 amide bonds. The van der Waals surface area contributed by atoms with E-state index in [-0.39, 0.29) is 17.7 Å². The van der Waals surface area contributed by atoms with Gasteiger partial charge in [0.1, 0.15) is 5.75 Å². The number of nitrogens with zero attached hydrogens (tertiary/aromatic N) is 4. The molecular weight excluding hydrogens is 490 g/mol. The third-order valence-electron chi connectivity index (χ3n) is 5.80. The van der Waals surface area contributed by atoms with Crippen LogP contribution in [-0.2, 0) is 4.79 Å². The lowest BCUT2D eigenvalue weighted by molar-refractivity contribution is -0.130. The lowest BCUT2D eigenvalue weighted by atomic mass is 9.98. The highest BCUT2D eigenvalue weighted by Crippen LogP contribution is 2.35. The van der Waals surface area contributed by atoms with Crippen molar-refractivity contribution in [1.82, 2.24) is 15.2 Å². The molecule has 0 radical (unpaired) electrons. The van der Waals surface area contributed by atoms with E-state index in [9.17, 15) is 4.79 Å². The lowest BCUT2D eigenvalue weighted by Gasteiger charge is -2.22. The Morgan fingerprint density at radius 1 is 1.06 bits per heavy atom. The van der Waals surface area contributed by atoms with Gasteiger partial charge in [-0.15, -0.1) is 10.2 Å². The number of aryl methyl sites for hydroxylation is 1. The van der Waals surface area contributed by atoms with Gasteiger partial charge >= 0.3 is 0 Å². The van der Waals surface area contributed by atoms with Gasteiger partial charge in [-0.25, -0.2) is 5.01 Å². The van der Waals surface area contributed by atoms with E-state index >= 15 is 0 Å². The number of amides is 1. The van der Waals surface area contributed by atoms with E-state index in [1.807, 2.05) is 85.8 Å². The summed E-state index contributed by atoms with van der Waals surface area (Å²) < 4.78 is 6.03. The molecule has 4 aromatic rings. The smallest absolute Gasteiger partial charge is 0.253 e. The summed E-state index contributed by atoms with van der Waals surface area (Å²) in [6.45, 7) is 2.05. The molecule has 0 saturated carbocycles. The molecule has 0 aliphatic carbocycles. The molecule has 1 aliphatic rings. The molecule has 1 atom stereocenters. The number of methoxy groups -OCH3 is 1. The van der Waals surface area contributed by atoms with Gasteiger partial charge < -0.3 is 10.1 Å². The maximum atomic E-state index is 13.3. The van der Waals surface area contributed by atoms with Crippen molar-refractivity contribution in [1.29, 1.82) is 0 Å². The average Bonchev–Trinajstić information content (AvgIpc) is 3.57. The van der Waals surface area contributed by atoms with Gasteiger partial charge in [-0.3, -0.25) is 4.79 Å². The average molecular weight is 516 g/mol. The quantitative estimate of drug-likeness (QED) is 0.287. The zero-order valence-corrected chi connectivity index (χ0v) is 21.6. The predicted molar refractivity (Wildman–Crippen MR) is 145 cm³/mol. The molecule has 0 saturated heterocycles. The van der Waals surface area contributed by atoms with Crippen LogP contribution in [0.25, 0.3) is 0 Å². The summed E-state index contributed by atoms with van der Waals surface area (Å²) in [5.41, 5.74) is 5.08. The van der Waals surface area contributed by atoms with E-state index in [2.05, 4.69) is 15.5 Å². The molecule has 1 aliphatic heterocycles. The van der Waals surface area contributed by atoms with Crippen LogP contribution in [0.4, 0.5) is 10.8 Å². The van der Waals surface area contributed by atoms with Crippen LogP contribution in [-0.4, -0.2) is 39.7 Å². The van der Waals surface area contributed by atoms with Crippen LogP contribution in [0.3, 0.4) is 0 Å². The maximum Gasteiger partial charge on any atom is 0.253 e. The number of thioether (sulfide) groups is 1. The number of aromatic nitrogens is 2. The van der Waals surface area contributed by atoms with Crippen LogP contribution < -0.4 is 10.1 Å². The predicted octanol–water partition coefficient (Wildman–Crippen LogP) is 6.07. The van der Waals surface area contributed by atoms with Crippen molar-refractivity contribution in [3.05, 3.63) is 95.6 Å². The van der Waals surface area contributed by atoms with Gasteiger partial charge in [0.05, 0.1) is 24.6 Å². The first-order chi connectivity index (χ1) is 17.6. The number of anilines is 2. The molecule has 5 rings (SSSR count). The van der Waals surface area contributed by atoms with Gasteiger partial charge in [-0.2, -0.15) is 5.10 Å². The summed E-state index contributed by atoms with van der Waals surface area (Å²) in [5.74, 6) is 0.924. The van der Waals surface area contributed by atoms with E-state index in [1.54, 1.807) is 12.1 Å². The molecule has 1 unspecified atom stereocenters. The maximum absolute atomic E-state index is 13.3. The number of ether oxygens (including phenoxy) is 1. The molecule has 1 N–H and O–H groups in total. The standard InChI is InChI=1S/C27H25N5O2S2/c1-18-8-12-21(13-9-18)28-26-29-30-27(36-26)35-17-25(33)32-24(20-10-14-22(34-2)15-11-20)16-23(31-32)19-6-4-3-5-7-19/h3-15,24H,16-17H2,1-2H3,(H,28,29). The fourth-order valence-corrected chi connectivity index (χ4v) is 5.52. The highest BCUT2D eigenvalue weighted by molar-refractivity contribution is 8.01. The number of carbonyl (C=O) groups excluding carboxylic acids is 1. The molecule has 2 heterocycles. The minimum atomic E-state index is -0.174. The second-order valence-electron chi connectivity index (χ2n) is 8.30. The first-order valence-electron chi connectivity index (χ1n) is 11.5. The number of rotatable bonds is 8. The molecule has 182 valence electrons. The van der Waals surface area contributed by atoms with Gasteiger partial charge in [-0.05, 0) is 42.3 Å². The molecule has 0 spiro atoms. The van der Waals surface area contributed by atoms with Gasteiger partial charge in [-0.1, -0.05) is 83.3 Å². The Hall–Kier alpha value is -3.69. The van der Waals surface area contributed by atoms with Crippen molar-refractivity contribution < 1.29 is 9.53 Å². The van der Waals surface area contributed by atoms with Crippen molar-refractivity contribution in [2.45, 2.75) is 23.7 Å². The van der Waals surface area contributed by atoms with Gasteiger partial charge in [0.2, 0.25) is 5.13 Å². The van der Waals surface area contributed by atoms with E-state index in [0.29, 0.717) is 11.6 Å². The first kappa shape index (κ1) is 24.0. The molecule has 7 nitrogen and oxygen atoms in total. The Bertz CT molecular complexity index is 1360. The van der Waals surface area contributed by atoms with Crippen molar-refractivity contribution in [2.24, 2.45) is 5.10 Å². The fraction of sp³-hybridized carbons (Fsp3) is 0.185. The second-order valence-corrected chi connectivity index (χ2v) is 10.5. The number of nitrogens with one attached hydrogen (secondary N) is 1. The van der Waals surface area contributed by atoms with Crippen LogP contribution in [0.2, 0.25) is 0 Å². The summed E-state index contributed by atoms with van der Waals surface area (Å²) in [6, 6.07) is 25.7. The largest absolute Gasteiger partial charge is 0.497 e. The minimum absolute atomic E-state index is 0.0741. The minimum Gasteiger partial charge on any atom is -0.497 e. The van der Waals surface area contributed by atoms with Crippen molar-refractivity contribution in [3.63, 3.8) is 0 Å². The van der Waals surface area contributed by atoms with Crippen LogP contribution in [0.5, 0.6) is 5.75 Å². The molecule has 0 bridgehead atoms. The number of hydrazone groups is 1. The second kappa shape index (κ2) is 10.9. The summed E-state index contributed by atoms with van der Waals surface area (Å²) in [4.78, 5) is 13.3. The van der Waals surface area contributed by atoms with Crippen LogP contribution in [0.1, 0.15) is 29.2 Å². The molecule has 3 aromatic carbocycles. The van der Waals surface area contributed by atoms with Gasteiger partial charge in [0.15, 0.2) is 4.34 Å². The Balaban J connectivity index is 1.29. The summed E-state index contributed by atoms with van der Waals surface area (Å²) in [6.07, 6.45) is 0.649. The number of benzene rings is 3. The highest BCUT2D eigenvalue weighted by Gasteiger charge is 2.33. The molecule has 36 heavy (non-hydrogen) atoms. The number of carbonyl (C=O) groups is 1. The lowest BCUT2D eigenvalue weighted by Crippen LogP contribution is -2.28. The number of hydrogen-bond donors (Lipinski definition) is 1. The monoisotopic (exact) mass is 515 g/mol. The number of hydrogen-bond acceptors (Lipinski definition) is 8. The summed E-state index contributed by atoms with van der Waals surface area (Å²) in [5, 5.41) is 18.8. The van der Waals surface area contributed by atoms with E-state index < -0.39 is 0 Å². The van der Waals surface area contributed by atoms with Crippen molar-refractivity contribution in [2.75, 3.05) is 18.2 Å². The highest BCUT2D eigenvalue weighted by atomic mass is 32.2. The van der Waals surface area contributed by atoms with Crippen LogP contribution in [0, 0.1) is 6.92 Å². The molecular formula is C27H25N5O2S2. The first-order valence-corrected chi connectivity index (χ1v) is 13.3. The Morgan fingerprint density at radius 2 is 1.81 bits per heavy atom. The third kappa shape index (κ3) is 5.58. The summed E-state index contributed by atoms with van der Waals surface area (Å²) >= 11 is 2.80. The van der Waals surface area contributed by atoms with E-state index in [4.69, 9.17) is 9.84 Å². The van der Waals surface area contributed by atoms with Crippen LogP contribution in [0.15, 0.2) is 88.3 Å². The topological polar surface area (TPSA) is 79.7 Å².